The van der Waals surface area contributed by atoms with E-state index >= 15 is 0 Å². The molecule has 0 spiro atoms. The van der Waals surface area contributed by atoms with Crippen molar-refractivity contribution in [1.29, 1.82) is 0 Å². The maximum Gasteiger partial charge on any atom is 0.256 e. The molecule has 9 nitrogen and oxygen atoms in total. The van der Waals surface area contributed by atoms with Gasteiger partial charge in [-0.1, -0.05) is 6.07 Å². The topological polar surface area (TPSA) is 89.3 Å². The largest absolute Gasteiger partial charge is 0.494 e. The number of fused-ring (bicyclic) bond motifs is 1. The van der Waals surface area contributed by atoms with E-state index in [9.17, 15) is 4.79 Å². The molecule has 1 amide bonds. The second-order valence-corrected chi connectivity index (χ2v) is 8.26. The lowest BCUT2D eigenvalue weighted by Crippen LogP contribution is -2.34. The first-order valence-electron chi connectivity index (χ1n) is 10.4. The van der Waals surface area contributed by atoms with Crippen LogP contribution < -0.4 is 9.64 Å². The predicted octanol–water partition coefficient (Wildman–Crippen LogP) is 1.89. The van der Waals surface area contributed by atoms with E-state index in [-0.39, 0.29) is 5.91 Å². The van der Waals surface area contributed by atoms with E-state index in [1.807, 2.05) is 43.0 Å². The van der Waals surface area contributed by atoms with Crippen LogP contribution in [0.4, 0.5) is 5.95 Å². The van der Waals surface area contributed by atoms with Crippen molar-refractivity contribution in [3.63, 3.8) is 0 Å². The summed E-state index contributed by atoms with van der Waals surface area (Å²) in [6, 6.07) is 7.44. The fourth-order valence-electron chi connectivity index (χ4n) is 4.74. The molecule has 1 aromatic carbocycles. The van der Waals surface area contributed by atoms with Gasteiger partial charge in [-0.25, -0.2) is 9.97 Å². The summed E-state index contributed by atoms with van der Waals surface area (Å²) < 4.78 is 5.49. The highest BCUT2D eigenvalue weighted by molar-refractivity contribution is 5.99. The molecule has 2 aromatic heterocycles. The Bertz CT molecular complexity index is 1080. The van der Waals surface area contributed by atoms with Crippen LogP contribution in [0, 0.1) is 25.7 Å². The number of amides is 1. The first-order valence-corrected chi connectivity index (χ1v) is 10.4. The summed E-state index contributed by atoms with van der Waals surface area (Å²) in [6.45, 7) is 7.15. The molecule has 0 radical (unpaired) electrons. The van der Waals surface area contributed by atoms with Crippen LogP contribution in [-0.4, -0.2) is 69.1 Å². The zero-order chi connectivity index (χ0) is 21.5. The molecular weight excluding hydrogens is 394 g/mol. The number of likely N-dealkylation sites (tertiary alicyclic amines) is 1. The number of aromatic nitrogens is 5. The zero-order valence-corrected chi connectivity index (χ0v) is 17.9. The molecule has 2 saturated heterocycles. The molecule has 9 heteroatoms. The lowest BCUT2D eigenvalue weighted by molar-refractivity contribution is 0.0782. The molecule has 0 bridgehead atoms. The van der Waals surface area contributed by atoms with Crippen LogP contribution in [0.15, 0.2) is 36.7 Å². The highest BCUT2D eigenvalue weighted by Gasteiger charge is 2.43. The molecule has 31 heavy (non-hydrogen) atoms. The number of para-hydroxylation sites is 1. The summed E-state index contributed by atoms with van der Waals surface area (Å²) in [7, 11) is 1.58. The first-order chi connectivity index (χ1) is 15.0. The molecule has 2 fully saturated rings. The summed E-state index contributed by atoms with van der Waals surface area (Å²) in [5, 5.41) is 8.43. The summed E-state index contributed by atoms with van der Waals surface area (Å²) in [5.41, 5.74) is 3.08. The van der Waals surface area contributed by atoms with Crippen molar-refractivity contribution in [2.24, 2.45) is 11.8 Å². The Kier molecular flexibility index (Phi) is 4.80. The Morgan fingerprint density at radius 1 is 1.00 bits per heavy atom. The Hall–Kier alpha value is -3.49. The molecule has 4 heterocycles. The lowest BCUT2D eigenvalue weighted by atomic mass is 10.0. The molecule has 5 rings (SSSR count). The molecule has 3 aromatic rings. The molecule has 160 valence electrons. The van der Waals surface area contributed by atoms with Gasteiger partial charge in [0.25, 0.3) is 5.91 Å². The minimum atomic E-state index is -0.0187. The van der Waals surface area contributed by atoms with Crippen LogP contribution in [0.1, 0.15) is 21.7 Å². The van der Waals surface area contributed by atoms with Crippen LogP contribution in [-0.2, 0) is 0 Å². The van der Waals surface area contributed by atoms with E-state index in [0.717, 1.165) is 30.4 Å². The third kappa shape index (κ3) is 3.49. The molecule has 2 unspecified atom stereocenters. The number of carbonyl (C=O) groups excluding carboxylic acids is 1. The summed E-state index contributed by atoms with van der Waals surface area (Å²) in [6.07, 6.45) is 3.18. The van der Waals surface area contributed by atoms with Gasteiger partial charge < -0.3 is 14.5 Å². The van der Waals surface area contributed by atoms with E-state index in [4.69, 9.17) is 4.74 Å². The smallest absolute Gasteiger partial charge is 0.256 e. The number of ether oxygens (including phenoxy) is 1. The minimum Gasteiger partial charge on any atom is -0.494 e. The Morgan fingerprint density at radius 3 is 2.26 bits per heavy atom. The number of hydrogen-bond donors (Lipinski definition) is 0. The molecule has 2 aliphatic heterocycles. The van der Waals surface area contributed by atoms with Crippen molar-refractivity contribution >= 4 is 11.9 Å². The predicted molar refractivity (Wildman–Crippen MR) is 115 cm³/mol. The van der Waals surface area contributed by atoms with Gasteiger partial charge in [0.15, 0.2) is 0 Å². The van der Waals surface area contributed by atoms with Gasteiger partial charge in [0, 0.05) is 49.4 Å². The number of benzene rings is 1. The van der Waals surface area contributed by atoms with E-state index < -0.39 is 0 Å². The van der Waals surface area contributed by atoms with Gasteiger partial charge >= 0.3 is 0 Å². The van der Waals surface area contributed by atoms with Gasteiger partial charge in [-0.15, -0.1) is 4.80 Å². The van der Waals surface area contributed by atoms with Crippen molar-refractivity contribution in [3.05, 3.63) is 53.6 Å². The summed E-state index contributed by atoms with van der Waals surface area (Å²) in [5.74, 6) is 2.16. The van der Waals surface area contributed by atoms with Crippen LogP contribution in [0.2, 0.25) is 0 Å². The van der Waals surface area contributed by atoms with Crippen molar-refractivity contribution in [3.8, 4) is 11.4 Å². The van der Waals surface area contributed by atoms with Gasteiger partial charge in [-0.05, 0) is 32.0 Å². The molecule has 2 atom stereocenters. The summed E-state index contributed by atoms with van der Waals surface area (Å²) in [4.78, 5) is 28.3. The van der Waals surface area contributed by atoms with Crippen molar-refractivity contribution in [1.82, 2.24) is 29.9 Å². The quantitative estimate of drug-likeness (QED) is 0.638. The molecule has 0 N–H and O–H groups in total. The van der Waals surface area contributed by atoms with Crippen molar-refractivity contribution in [2.45, 2.75) is 13.8 Å². The van der Waals surface area contributed by atoms with Gasteiger partial charge in [-0.2, -0.15) is 10.2 Å². The van der Waals surface area contributed by atoms with Gasteiger partial charge in [0.2, 0.25) is 5.95 Å². The molecule has 0 aliphatic carbocycles. The van der Waals surface area contributed by atoms with Crippen molar-refractivity contribution < 1.29 is 9.53 Å². The van der Waals surface area contributed by atoms with Crippen LogP contribution in [0.25, 0.3) is 5.69 Å². The average Bonchev–Trinajstić information content (AvgIpc) is 3.48. The van der Waals surface area contributed by atoms with Gasteiger partial charge in [-0.3, -0.25) is 4.79 Å². The monoisotopic (exact) mass is 419 g/mol. The third-order valence-electron chi connectivity index (χ3n) is 6.09. The highest BCUT2D eigenvalue weighted by Crippen LogP contribution is 2.35. The van der Waals surface area contributed by atoms with Gasteiger partial charge in [0.05, 0.1) is 25.1 Å². The van der Waals surface area contributed by atoms with E-state index in [0.29, 0.717) is 41.9 Å². The number of aryl methyl sites for hydroxylation is 2. The normalized spacial score (nSPS) is 20.2. The SMILES string of the molecule is COc1cccc(C(=O)N2CC3CN(c4nc(C)cc(C)n4)CC3C2)c1-n1nccn1. The fraction of sp³-hybridized carbons (Fsp3) is 0.409. The maximum absolute atomic E-state index is 13.5. The summed E-state index contributed by atoms with van der Waals surface area (Å²) >= 11 is 0. The fourth-order valence-corrected chi connectivity index (χ4v) is 4.74. The molecule has 2 aliphatic rings. The Labute approximate surface area is 180 Å². The highest BCUT2D eigenvalue weighted by atomic mass is 16.5. The van der Waals surface area contributed by atoms with Crippen molar-refractivity contribution in [2.75, 3.05) is 38.2 Å². The second kappa shape index (κ2) is 7.64. The molecular formula is C22H25N7O2. The standard InChI is InChI=1S/C22H25N7O2/c1-14-9-15(2)26-22(25-14)28-12-16-10-27(11-17(16)13-28)21(30)18-5-4-6-19(31-3)20(18)29-23-7-8-24-29/h4-9,16-17H,10-13H2,1-3H3. The van der Waals surface area contributed by atoms with E-state index in [1.54, 1.807) is 19.5 Å². The number of methoxy groups -OCH3 is 1. The van der Waals surface area contributed by atoms with Crippen LogP contribution in [0.5, 0.6) is 5.75 Å². The zero-order valence-electron chi connectivity index (χ0n) is 17.9. The maximum atomic E-state index is 13.5. The first kappa shape index (κ1) is 19.5. The number of nitrogens with zero attached hydrogens (tertiary/aromatic N) is 7. The number of hydrogen-bond acceptors (Lipinski definition) is 7. The minimum absolute atomic E-state index is 0.0187. The number of anilines is 1. The Balaban J connectivity index is 1.35. The number of rotatable bonds is 4. The van der Waals surface area contributed by atoms with Crippen LogP contribution >= 0.6 is 0 Å². The van der Waals surface area contributed by atoms with Crippen LogP contribution in [0.3, 0.4) is 0 Å². The second-order valence-electron chi connectivity index (χ2n) is 8.26. The average molecular weight is 419 g/mol. The van der Waals surface area contributed by atoms with Gasteiger partial charge in [0.1, 0.15) is 11.4 Å². The Morgan fingerprint density at radius 2 is 1.65 bits per heavy atom. The van der Waals surface area contributed by atoms with E-state index in [2.05, 4.69) is 25.1 Å². The number of carbonyl (C=O) groups is 1. The lowest BCUT2D eigenvalue weighted by Gasteiger charge is -2.23. The molecule has 0 saturated carbocycles. The third-order valence-corrected chi connectivity index (χ3v) is 6.09. The van der Waals surface area contributed by atoms with E-state index in [1.165, 1.54) is 4.80 Å².